The molecule has 4 nitrogen and oxygen atoms in total. The third-order valence-corrected chi connectivity index (χ3v) is 5.55. The number of allylic oxidation sites excluding steroid dienone is 1. The third kappa shape index (κ3) is 5.73. The second-order valence-corrected chi connectivity index (χ2v) is 7.80. The SMILES string of the molecule is COC(=O)C(CC=C(I)c1ccc(F)cc1F)=Nc1ccccc1C(=O)c1ccccc1. The van der Waals surface area contributed by atoms with Crippen LogP contribution in [0.3, 0.4) is 0 Å². The molecule has 0 amide bonds. The second kappa shape index (κ2) is 10.9. The van der Waals surface area contributed by atoms with Gasteiger partial charge in [-0.05, 0) is 46.9 Å². The number of carbonyl (C=O) groups is 2. The number of hydrogen-bond acceptors (Lipinski definition) is 4. The van der Waals surface area contributed by atoms with Gasteiger partial charge in [0, 0.05) is 32.8 Å². The summed E-state index contributed by atoms with van der Waals surface area (Å²) in [4.78, 5) is 29.7. The molecule has 0 fully saturated rings. The number of methoxy groups -OCH3 is 1. The van der Waals surface area contributed by atoms with Crippen molar-refractivity contribution in [1.29, 1.82) is 0 Å². The summed E-state index contributed by atoms with van der Waals surface area (Å²) in [6.07, 6.45) is 1.61. The fourth-order valence-electron chi connectivity index (χ4n) is 2.93. The molecular formula is C25H18F2INO3. The summed E-state index contributed by atoms with van der Waals surface area (Å²) in [7, 11) is 1.23. The van der Waals surface area contributed by atoms with Gasteiger partial charge in [-0.3, -0.25) is 4.79 Å². The number of halogens is 3. The predicted octanol–water partition coefficient (Wildman–Crippen LogP) is 6.31. The predicted molar refractivity (Wildman–Crippen MR) is 128 cm³/mol. The van der Waals surface area contributed by atoms with E-state index >= 15 is 0 Å². The van der Waals surface area contributed by atoms with Crippen LogP contribution in [-0.4, -0.2) is 24.6 Å². The standard InChI is InChI=1S/C25H18F2INO3/c1-32-25(31)23(14-13-21(28)18-12-11-17(26)15-20(18)27)29-22-10-6-5-9-19(22)24(30)16-7-3-2-4-8-16/h2-13,15H,14H2,1H3. The molecule has 0 bridgehead atoms. The fourth-order valence-corrected chi connectivity index (χ4v) is 3.58. The molecule has 0 unspecified atom stereocenters. The van der Waals surface area contributed by atoms with Crippen LogP contribution in [0.4, 0.5) is 14.5 Å². The number of ether oxygens (including phenoxy) is 1. The highest BCUT2D eigenvalue weighted by Crippen LogP contribution is 2.27. The lowest BCUT2D eigenvalue weighted by Gasteiger charge is -2.08. The van der Waals surface area contributed by atoms with Gasteiger partial charge in [-0.2, -0.15) is 0 Å². The Morgan fingerprint density at radius 3 is 2.34 bits per heavy atom. The minimum Gasteiger partial charge on any atom is -0.465 e. The first-order valence-electron chi connectivity index (χ1n) is 9.56. The number of benzene rings is 3. The van der Waals surface area contributed by atoms with E-state index in [9.17, 15) is 18.4 Å². The van der Waals surface area contributed by atoms with Crippen LogP contribution in [0.15, 0.2) is 83.9 Å². The maximum absolute atomic E-state index is 14.1. The number of aliphatic imine (C=N–C) groups is 1. The molecule has 0 N–H and O–H groups in total. The van der Waals surface area contributed by atoms with E-state index in [1.165, 1.54) is 13.2 Å². The Hall–Kier alpha value is -3.20. The van der Waals surface area contributed by atoms with Crippen LogP contribution in [0, 0.1) is 11.6 Å². The van der Waals surface area contributed by atoms with Crippen molar-refractivity contribution in [2.45, 2.75) is 6.42 Å². The van der Waals surface area contributed by atoms with Gasteiger partial charge in [0.2, 0.25) is 0 Å². The molecule has 3 rings (SSSR count). The lowest BCUT2D eigenvalue weighted by Crippen LogP contribution is -2.15. The van der Waals surface area contributed by atoms with Crippen LogP contribution in [0.5, 0.6) is 0 Å². The van der Waals surface area contributed by atoms with Crippen LogP contribution >= 0.6 is 22.6 Å². The van der Waals surface area contributed by atoms with E-state index in [1.54, 1.807) is 54.6 Å². The van der Waals surface area contributed by atoms with E-state index in [0.717, 1.165) is 12.1 Å². The van der Waals surface area contributed by atoms with Crippen molar-refractivity contribution in [1.82, 2.24) is 0 Å². The average Bonchev–Trinajstić information content (AvgIpc) is 2.81. The number of esters is 1. The summed E-state index contributed by atoms with van der Waals surface area (Å²) in [5.74, 6) is -2.28. The summed E-state index contributed by atoms with van der Waals surface area (Å²) in [5, 5.41) is 0. The Morgan fingerprint density at radius 2 is 1.66 bits per heavy atom. The first kappa shape index (κ1) is 23.5. The number of carbonyl (C=O) groups excluding carboxylic acids is 2. The van der Waals surface area contributed by atoms with Gasteiger partial charge in [-0.25, -0.2) is 18.6 Å². The van der Waals surface area contributed by atoms with Crippen LogP contribution in [0.1, 0.15) is 27.9 Å². The van der Waals surface area contributed by atoms with E-state index < -0.39 is 17.6 Å². The molecule has 0 aliphatic rings. The number of nitrogens with zero attached hydrogens (tertiary/aromatic N) is 1. The van der Waals surface area contributed by atoms with Crippen molar-refractivity contribution in [3.05, 3.63) is 107 Å². The van der Waals surface area contributed by atoms with Crippen molar-refractivity contribution in [2.24, 2.45) is 4.99 Å². The molecule has 0 aliphatic heterocycles. The van der Waals surface area contributed by atoms with Crippen molar-refractivity contribution < 1.29 is 23.1 Å². The molecule has 0 aromatic heterocycles. The molecule has 0 heterocycles. The van der Waals surface area contributed by atoms with Crippen LogP contribution in [-0.2, 0) is 9.53 Å². The highest BCUT2D eigenvalue weighted by molar-refractivity contribution is 14.1. The van der Waals surface area contributed by atoms with Gasteiger partial charge in [0.15, 0.2) is 5.78 Å². The largest absolute Gasteiger partial charge is 0.465 e. The Kier molecular flexibility index (Phi) is 7.99. The molecule has 3 aromatic rings. The quantitative estimate of drug-likeness (QED) is 0.151. The molecular weight excluding hydrogens is 527 g/mol. The molecule has 0 aliphatic carbocycles. The Bertz CT molecular complexity index is 1210. The molecule has 0 radical (unpaired) electrons. The Labute approximate surface area is 197 Å². The zero-order valence-electron chi connectivity index (χ0n) is 17.0. The van der Waals surface area contributed by atoms with Crippen LogP contribution in [0.25, 0.3) is 3.58 Å². The Balaban J connectivity index is 1.96. The summed E-state index contributed by atoms with van der Waals surface area (Å²) in [6, 6.07) is 18.7. The first-order chi connectivity index (χ1) is 15.4. The van der Waals surface area contributed by atoms with Gasteiger partial charge in [-0.1, -0.05) is 48.5 Å². The lowest BCUT2D eigenvalue weighted by atomic mass is 10.0. The van der Waals surface area contributed by atoms with Crippen molar-refractivity contribution in [3.63, 3.8) is 0 Å². The van der Waals surface area contributed by atoms with Crippen LogP contribution < -0.4 is 0 Å². The fraction of sp³-hybridized carbons (Fsp3) is 0.0800. The van der Waals surface area contributed by atoms with Crippen molar-refractivity contribution in [3.8, 4) is 0 Å². The zero-order valence-corrected chi connectivity index (χ0v) is 19.2. The first-order valence-corrected chi connectivity index (χ1v) is 10.6. The van der Waals surface area contributed by atoms with Crippen molar-refractivity contribution in [2.75, 3.05) is 7.11 Å². The summed E-state index contributed by atoms with van der Waals surface area (Å²) >= 11 is 1.91. The summed E-state index contributed by atoms with van der Waals surface area (Å²) in [5.41, 5.74) is 1.39. The molecule has 162 valence electrons. The normalized spacial score (nSPS) is 11.9. The molecule has 32 heavy (non-hydrogen) atoms. The van der Waals surface area contributed by atoms with Gasteiger partial charge in [0.1, 0.15) is 17.3 Å². The molecule has 7 heteroatoms. The molecule has 0 atom stereocenters. The second-order valence-electron chi connectivity index (χ2n) is 6.64. The smallest absolute Gasteiger partial charge is 0.352 e. The monoisotopic (exact) mass is 545 g/mol. The average molecular weight is 545 g/mol. The topological polar surface area (TPSA) is 55.7 Å². The lowest BCUT2D eigenvalue weighted by molar-refractivity contribution is -0.132. The molecule has 0 saturated carbocycles. The third-order valence-electron chi connectivity index (χ3n) is 4.52. The highest BCUT2D eigenvalue weighted by Gasteiger charge is 2.17. The van der Waals surface area contributed by atoms with E-state index in [1.807, 2.05) is 28.7 Å². The van der Waals surface area contributed by atoms with E-state index in [-0.39, 0.29) is 23.5 Å². The zero-order chi connectivity index (χ0) is 23.1. The van der Waals surface area contributed by atoms with E-state index in [2.05, 4.69) is 4.99 Å². The van der Waals surface area contributed by atoms with E-state index in [0.29, 0.717) is 20.4 Å². The number of hydrogen-bond donors (Lipinski definition) is 0. The molecule has 0 spiro atoms. The molecule has 3 aromatic carbocycles. The Morgan fingerprint density at radius 1 is 0.969 bits per heavy atom. The molecule has 0 saturated heterocycles. The van der Waals surface area contributed by atoms with Gasteiger partial charge in [0.05, 0.1) is 12.8 Å². The van der Waals surface area contributed by atoms with Gasteiger partial charge >= 0.3 is 5.97 Å². The van der Waals surface area contributed by atoms with Crippen molar-refractivity contribution >= 4 is 49.3 Å². The van der Waals surface area contributed by atoms with Gasteiger partial charge in [0.25, 0.3) is 0 Å². The minimum absolute atomic E-state index is 0.0234. The highest BCUT2D eigenvalue weighted by atomic mass is 127. The maximum atomic E-state index is 14.1. The van der Waals surface area contributed by atoms with Crippen LogP contribution in [0.2, 0.25) is 0 Å². The van der Waals surface area contributed by atoms with Gasteiger partial charge < -0.3 is 4.74 Å². The van der Waals surface area contributed by atoms with Gasteiger partial charge in [-0.15, -0.1) is 0 Å². The minimum atomic E-state index is -0.707. The summed E-state index contributed by atoms with van der Waals surface area (Å²) < 4.78 is 32.5. The van der Waals surface area contributed by atoms with E-state index in [4.69, 9.17) is 4.74 Å². The number of rotatable bonds is 7. The maximum Gasteiger partial charge on any atom is 0.352 e. The number of ketones is 1. The summed E-state index contributed by atoms with van der Waals surface area (Å²) in [6.45, 7) is 0. The number of para-hydroxylation sites is 1.